The van der Waals surface area contributed by atoms with Crippen LogP contribution in [0.1, 0.15) is 27.9 Å². The van der Waals surface area contributed by atoms with Crippen LogP contribution in [0.2, 0.25) is 0 Å². The molecule has 0 saturated carbocycles. The van der Waals surface area contributed by atoms with Crippen LogP contribution in [0, 0.1) is 11.6 Å². The molecule has 1 amide bonds. The molecule has 1 aliphatic rings. The topological polar surface area (TPSA) is 52.6 Å². The molecule has 4 nitrogen and oxygen atoms in total. The molecule has 1 saturated heterocycles. The minimum Gasteiger partial charge on any atom is -0.392 e. The lowest BCUT2D eigenvalue weighted by atomic mass is 10.1. The van der Waals surface area contributed by atoms with Crippen LogP contribution in [0.25, 0.3) is 0 Å². The Bertz CT molecular complexity index is 767. The highest BCUT2D eigenvalue weighted by Gasteiger charge is 2.21. The Labute approximate surface area is 145 Å². The van der Waals surface area contributed by atoms with Crippen LogP contribution in [-0.2, 0) is 13.1 Å². The number of hydrogen-bond donors (Lipinski definition) is 2. The van der Waals surface area contributed by atoms with Crippen molar-refractivity contribution in [1.82, 2.24) is 10.2 Å². The SMILES string of the molecule is O=C(NCc1ccccc1CN1CCC(O)C1)c1ccc(F)cc1F. The summed E-state index contributed by atoms with van der Waals surface area (Å²) in [7, 11) is 0. The largest absolute Gasteiger partial charge is 0.392 e. The van der Waals surface area contributed by atoms with Gasteiger partial charge in [0.25, 0.3) is 5.91 Å². The molecule has 1 heterocycles. The molecule has 3 rings (SSSR count). The number of rotatable bonds is 5. The van der Waals surface area contributed by atoms with Gasteiger partial charge in [-0.25, -0.2) is 8.78 Å². The fraction of sp³-hybridized carbons (Fsp3) is 0.316. The van der Waals surface area contributed by atoms with Crippen LogP contribution in [0.15, 0.2) is 42.5 Å². The van der Waals surface area contributed by atoms with Crippen LogP contribution in [0.3, 0.4) is 0 Å². The summed E-state index contributed by atoms with van der Waals surface area (Å²) in [6.45, 7) is 2.42. The maximum Gasteiger partial charge on any atom is 0.254 e. The number of nitrogens with zero attached hydrogens (tertiary/aromatic N) is 1. The minimum absolute atomic E-state index is 0.179. The molecule has 6 heteroatoms. The molecular weight excluding hydrogens is 326 g/mol. The molecule has 0 radical (unpaired) electrons. The predicted molar refractivity (Wildman–Crippen MR) is 89.9 cm³/mol. The summed E-state index contributed by atoms with van der Waals surface area (Å²) in [4.78, 5) is 14.3. The quantitative estimate of drug-likeness (QED) is 0.874. The first-order valence-electron chi connectivity index (χ1n) is 8.23. The molecule has 2 aromatic carbocycles. The van der Waals surface area contributed by atoms with E-state index in [0.29, 0.717) is 19.2 Å². The number of nitrogens with one attached hydrogen (secondary N) is 1. The van der Waals surface area contributed by atoms with E-state index in [1.54, 1.807) is 0 Å². The first-order chi connectivity index (χ1) is 12.0. The van der Waals surface area contributed by atoms with Crippen molar-refractivity contribution in [3.05, 3.63) is 70.8 Å². The van der Waals surface area contributed by atoms with Crippen molar-refractivity contribution in [3.8, 4) is 0 Å². The van der Waals surface area contributed by atoms with Crippen molar-refractivity contribution in [1.29, 1.82) is 0 Å². The molecule has 0 aromatic heterocycles. The Kier molecular flexibility index (Phi) is 5.40. The Morgan fingerprint density at radius 2 is 1.96 bits per heavy atom. The summed E-state index contributed by atoms with van der Waals surface area (Å²) in [5, 5.41) is 12.3. The van der Waals surface area contributed by atoms with Gasteiger partial charge >= 0.3 is 0 Å². The Hall–Kier alpha value is -2.31. The summed E-state index contributed by atoms with van der Waals surface area (Å²) < 4.78 is 26.6. The average Bonchev–Trinajstić information content (AvgIpc) is 2.99. The Balaban J connectivity index is 1.65. The molecule has 0 spiro atoms. The lowest BCUT2D eigenvalue weighted by Crippen LogP contribution is -2.26. The number of carbonyl (C=O) groups excluding carboxylic acids is 1. The predicted octanol–water partition coefficient (Wildman–Crippen LogP) is 2.46. The van der Waals surface area contributed by atoms with Gasteiger partial charge in [0.2, 0.25) is 0 Å². The standard InChI is InChI=1S/C19H20F2N2O2/c20-15-5-6-17(18(21)9-15)19(25)22-10-13-3-1-2-4-14(13)11-23-8-7-16(24)12-23/h1-6,9,16,24H,7-8,10-12H2,(H,22,25). The third kappa shape index (κ3) is 4.41. The van der Waals surface area contributed by atoms with Gasteiger partial charge in [0, 0.05) is 32.2 Å². The van der Waals surface area contributed by atoms with Crippen LogP contribution in [0.5, 0.6) is 0 Å². The van der Waals surface area contributed by atoms with Gasteiger partial charge in [0.05, 0.1) is 11.7 Å². The molecule has 2 aromatic rings. The highest BCUT2D eigenvalue weighted by atomic mass is 19.1. The van der Waals surface area contributed by atoms with Crippen LogP contribution < -0.4 is 5.32 Å². The lowest BCUT2D eigenvalue weighted by Gasteiger charge is -2.18. The molecule has 1 unspecified atom stereocenters. The molecule has 25 heavy (non-hydrogen) atoms. The van der Waals surface area contributed by atoms with Gasteiger partial charge in [-0.05, 0) is 29.7 Å². The molecule has 0 bridgehead atoms. The van der Waals surface area contributed by atoms with Crippen molar-refractivity contribution in [2.45, 2.75) is 25.6 Å². The molecule has 132 valence electrons. The van der Waals surface area contributed by atoms with E-state index in [4.69, 9.17) is 0 Å². The van der Waals surface area contributed by atoms with Gasteiger partial charge in [-0.15, -0.1) is 0 Å². The van der Waals surface area contributed by atoms with Crippen LogP contribution in [0.4, 0.5) is 8.78 Å². The zero-order valence-corrected chi connectivity index (χ0v) is 13.7. The number of amides is 1. The number of carbonyl (C=O) groups is 1. The first kappa shape index (κ1) is 17.5. The second-order valence-corrected chi connectivity index (χ2v) is 6.25. The van der Waals surface area contributed by atoms with Crippen molar-refractivity contribution in [3.63, 3.8) is 0 Å². The molecular formula is C19H20F2N2O2. The maximum absolute atomic E-state index is 13.7. The zero-order valence-electron chi connectivity index (χ0n) is 13.7. The maximum atomic E-state index is 13.7. The Morgan fingerprint density at radius 1 is 1.20 bits per heavy atom. The summed E-state index contributed by atoms with van der Waals surface area (Å²) in [6.07, 6.45) is 0.483. The number of benzene rings is 2. The summed E-state index contributed by atoms with van der Waals surface area (Å²) in [5.41, 5.74) is 1.80. The van der Waals surface area contributed by atoms with E-state index < -0.39 is 17.5 Å². The van der Waals surface area contributed by atoms with Crippen molar-refractivity contribution in [2.75, 3.05) is 13.1 Å². The number of β-amino-alcohol motifs (C(OH)–C–C–N with tert-alkyl or cyclic N) is 1. The number of halogens is 2. The molecule has 1 atom stereocenters. The van der Waals surface area contributed by atoms with E-state index in [1.165, 1.54) is 0 Å². The molecule has 1 fully saturated rings. The van der Waals surface area contributed by atoms with E-state index in [0.717, 1.165) is 36.2 Å². The summed E-state index contributed by atoms with van der Waals surface area (Å²) in [5.74, 6) is -2.17. The summed E-state index contributed by atoms with van der Waals surface area (Å²) >= 11 is 0. The number of likely N-dealkylation sites (tertiary alicyclic amines) is 1. The smallest absolute Gasteiger partial charge is 0.254 e. The molecule has 0 aliphatic carbocycles. The number of hydrogen-bond acceptors (Lipinski definition) is 3. The van der Waals surface area contributed by atoms with Gasteiger partial charge in [-0.3, -0.25) is 9.69 Å². The first-order valence-corrected chi connectivity index (χ1v) is 8.23. The van der Waals surface area contributed by atoms with Crippen molar-refractivity contribution >= 4 is 5.91 Å². The average molecular weight is 346 g/mol. The highest BCUT2D eigenvalue weighted by Crippen LogP contribution is 2.17. The number of aliphatic hydroxyl groups is 1. The van der Waals surface area contributed by atoms with Gasteiger partial charge < -0.3 is 10.4 Å². The van der Waals surface area contributed by atoms with E-state index in [2.05, 4.69) is 10.2 Å². The van der Waals surface area contributed by atoms with Gasteiger partial charge in [0.1, 0.15) is 11.6 Å². The Morgan fingerprint density at radius 3 is 2.64 bits per heavy atom. The summed E-state index contributed by atoms with van der Waals surface area (Å²) in [6, 6.07) is 10.6. The monoisotopic (exact) mass is 346 g/mol. The lowest BCUT2D eigenvalue weighted by molar-refractivity contribution is 0.0946. The second kappa shape index (κ2) is 7.72. The molecule has 2 N–H and O–H groups in total. The zero-order chi connectivity index (χ0) is 17.8. The van der Waals surface area contributed by atoms with Crippen LogP contribution in [-0.4, -0.2) is 35.1 Å². The van der Waals surface area contributed by atoms with Crippen molar-refractivity contribution < 1.29 is 18.7 Å². The fourth-order valence-corrected chi connectivity index (χ4v) is 3.03. The third-order valence-corrected chi connectivity index (χ3v) is 4.37. The van der Waals surface area contributed by atoms with Crippen LogP contribution >= 0.6 is 0 Å². The van der Waals surface area contributed by atoms with Crippen molar-refractivity contribution in [2.24, 2.45) is 0 Å². The molecule has 1 aliphatic heterocycles. The minimum atomic E-state index is -0.878. The third-order valence-electron chi connectivity index (χ3n) is 4.37. The van der Waals surface area contributed by atoms with Gasteiger partial charge in [0.15, 0.2) is 0 Å². The van der Waals surface area contributed by atoms with Gasteiger partial charge in [-0.1, -0.05) is 24.3 Å². The fourth-order valence-electron chi connectivity index (χ4n) is 3.03. The normalized spacial score (nSPS) is 17.6. The van der Waals surface area contributed by atoms with E-state index >= 15 is 0 Å². The van der Waals surface area contributed by atoms with Gasteiger partial charge in [-0.2, -0.15) is 0 Å². The van der Waals surface area contributed by atoms with E-state index in [9.17, 15) is 18.7 Å². The van der Waals surface area contributed by atoms with E-state index in [1.807, 2.05) is 24.3 Å². The number of aliphatic hydroxyl groups excluding tert-OH is 1. The highest BCUT2D eigenvalue weighted by molar-refractivity contribution is 5.94. The van der Waals surface area contributed by atoms with E-state index in [-0.39, 0.29) is 18.2 Å². The second-order valence-electron chi connectivity index (χ2n) is 6.25.